The summed E-state index contributed by atoms with van der Waals surface area (Å²) in [6.07, 6.45) is 5.27. The van der Waals surface area contributed by atoms with E-state index in [0.29, 0.717) is 43.9 Å². The van der Waals surface area contributed by atoms with Gasteiger partial charge in [0.15, 0.2) is 0 Å². The third-order valence-electron chi connectivity index (χ3n) is 4.54. The quantitative estimate of drug-likeness (QED) is 0.601. The number of halogens is 1. The molecule has 1 fully saturated rings. The smallest absolute Gasteiger partial charge is 0.251 e. The molecule has 1 aromatic carbocycles. The predicted octanol–water partition coefficient (Wildman–Crippen LogP) is 2.86. The summed E-state index contributed by atoms with van der Waals surface area (Å²) in [5.74, 6) is -0.325. The van der Waals surface area contributed by atoms with Gasteiger partial charge in [0.05, 0.1) is 5.54 Å². The van der Waals surface area contributed by atoms with Crippen molar-refractivity contribution >= 4 is 29.9 Å². The van der Waals surface area contributed by atoms with Crippen molar-refractivity contribution in [3.05, 3.63) is 29.8 Å². The molecule has 0 heterocycles. The summed E-state index contributed by atoms with van der Waals surface area (Å²) in [6.45, 7) is 3.81. The SMILES string of the molecule is CCOCCCNC(=O)c1cccc(NC(=O)C2(N)CCCCC2)c1.Cl. The lowest BCUT2D eigenvalue weighted by molar-refractivity contribution is -0.122. The van der Waals surface area contributed by atoms with Crippen LogP contribution in [0.25, 0.3) is 0 Å². The summed E-state index contributed by atoms with van der Waals surface area (Å²) in [5, 5.41) is 5.72. The molecule has 6 nitrogen and oxygen atoms in total. The van der Waals surface area contributed by atoms with E-state index in [4.69, 9.17) is 10.5 Å². The van der Waals surface area contributed by atoms with Crippen molar-refractivity contribution in [3.8, 4) is 0 Å². The molecule has 0 atom stereocenters. The van der Waals surface area contributed by atoms with Gasteiger partial charge in [-0.25, -0.2) is 0 Å². The second kappa shape index (κ2) is 11.2. The highest BCUT2D eigenvalue weighted by molar-refractivity contribution is 6.00. The molecule has 1 saturated carbocycles. The molecule has 0 bridgehead atoms. The van der Waals surface area contributed by atoms with Crippen molar-refractivity contribution in [2.24, 2.45) is 5.73 Å². The van der Waals surface area contributed by atoms with Crippen LogP contribution in [0.3, 0.4) is 0 Å². The fourth-order valence-electron chi connectivity index (χ4n) is 3.03. The van der Waals surface area contributed by atoms with E-state index >= 15 is 0 Å². The van der Waals surface area contributed by atoms with Crippen LogP contribution in [0.4, 0.5) is 5.69 Å². The maximum atomic E-state index is 12.5. The Morgan fingerprint density at radius 3 is 2.65 bits per heavy atom. The van der Waals surface area contributed by atoms with E-state index in [2.05, 4.69) is 10.6 Å². The maximum Gasteiger partial charge on any atom is 0.251 e. The fourth-order valence-corrected chi connectivity index (χ4v) is 3.03. The van der Waals surface area contributed by atoms with Gasteiger partial charge in [0.25, 0.3) is 5.91 Å². The molecule has 1 aliphatic rings. The van der Waals surface area contributed by atoms with E-state index < -0.39 is 5.54 Å². The van der Waals surface area contributed by atoms with Gasteiger partial charge in [0.2, 0.25) is 5.91 Å². The number of hydrogen-bond donors (Lipinski definition) is 3. The molecule has 0 spiro atoms. The van der Waals surface area contributed by atoms with E-state index in [-0.39, 0.29) is 24.2 Å². The second-order valence-electron chi connectivity index (χ2n) is 6.56. The molecular formula is C19H30ClN3O3. The normalized spacial score (nSPS) is 15.6. The zero-order valence-corrected chi connectivity index (χ0v) is 16.2. The van der Waals surface area contributed by atoms with Crippen LogP contribution in [-0.2, 0) is 9.53 Å². The second-order valence-corrected chi connectivity index (χ2v) is 6.56. The molecule has 4 N–H and O–H groups in total. The monoisotopic (exact) mass is 383 g/mol. The fraction of sp³-hybridized carbons (Fsp3) is 0.579. The third kappa shape index (κ3) is 6.59. The number of amides is 2. The number of carbonyl (C=O) groups excluding carboxylic acids is 2. The molecule has 0 aliphatic heterocycles. The number of ether oxygens (including phenoxy) is 1. The number of hydrogen-bond acceptors (Lipinski definition) is 4. The van der Waals surface area contributed by atoms with E-state index in [9.17, 15) is 9.59 Å². The number of anilines is 1. The highest BCUT2D eigenvalue weighted by atomic mass is 35.5. The molecule has 0 radical (unpaired) electrons. The lowest BCUT2D eigenvalue weighted by Gasteiger charge is -2.31. The Hall–Kier alpha value is -1.63. The zero-order valence-electron chi connectivity index (χ0n) is 15.4. The van der Waals surface area contributed by atoms with E-state index in [0.717, 1.165) is 25.7 Å². The number of benzene rings is 1. The van der Waals surface area contributed by atoms with Gasteiger partial charge in [-0.2, -0.15) is 0 Å². The van der Waals surface area contributed by atoms with Crippen molar-refractivity contribution in [2.45, 2.75) is 51.0 Å². The van der Waals surface area contributed by atoms with Crippen LogP contribution in [0.5, 0.6) is 0 Å². The van der Waals surface area contributed by atoms with Crippen LogP contribution in [0.2, 0.25) is 0 Å². The molecule has 1 aliphatic carbocycles. The minimum absolute atomic E-state index is 0. The molecule has 26 heavy (non-hydrogen) atoms. The lowest BCUT2D eigenvalue weighted by Crippen LogP contribution is -2.52. The Labute approximate surface area is 161 Å². The summed E-state index contributed by atoms with van der Waals surface area (Å²) < 4.78 is 5.24. The Morgan fingerprint density at radius 2 is 1.96 bits per heavy atom. The lowest BCUT2D eigenvalue weighted by atomic mass is 9.82. The average molecular weight is 384 g/mol. The van der Waals surface area contributed by atoms with Gasteiger partial charge in [-0.05, 0) is 44.4 Å². The molecular weight excluding hydrogens is 354 g/mol. The zero-order chi connectivity index (χ0) is 18.1. The van der Waals surface area contributed by atoms with Gasteiger partial charge >= 0.3 is 0 Å². The topological polar surface area (TPSA) is 93.5 Å². The van der Waals surface area contributed by atoms with Crippen molar-refractivity contribution in [2.75, 3.05) is 25.1 Å². The first-order valence-corrected chi connectivity index (χ1v) is 9.11. The molecule has 1 aromatic rings. The van der Waals surface area contributed by atoms with Crippen LogP contribution in [0.15, 0.2) is 24.3 Å². The Morgan fingerprint density at radius 1 is 1.23 bits per heavy atom. The molecule has 0 unspecified atom stereocenters. The van der Waals surface area contributed by atoms with Crippen molar-refractivity contribution in [3.63, 3.8) is 0 Å². The van der Waals surface area contributed by atoms with Crippen molar-refractivity contribution in [1.29, 1.82) is 0 Å². The summed E-state index contributed by atoms with van der Waals surface area (Å²) in [7, 11) is 0. The van der Waals surface area contributed by atoms with Gasteiger partial charge in [-0.3, -0.25) is 9.59 Å². The van der Waals surface area contributed by atoms with E-state index in [1.54, 1.807) is 24.3 Å². The summed E-state index contributed by atoms with van der Waals surface area (Å²) in [5.41, 5.74) is 6.57. The molecule has 7 heteroatoms. The van der Waals surface area contributed by atoms with Crippen LogP contribution in [0.1, 0.15) is 55.8 Å². The van der Waals surface area contributed by atoms with Gasteiger partial charge in [-0.1, -0.05) is 25.3 Å². The van der Waals surface area contributed by atoms with Gasteiger partial charge in [0.1, 0.15) is 0 Å². The molecule has 0 saturated heterocycles. The number of nitrogens with two attached hydrogens (primary N) is 1. The number of nitrogens with one attached hydrogen (secondary N) is 2. The Bertz CT molecular complexity index is 589. The van der Waals surface area contributed by atoms with Crippen LogP contribution < -0.4 is 16.4 Å². The number of carbonyl (C=O) groups is 2. The highest BCUT2D eigenvalue weighted by Crippen LogP contribution is 2.27. The minimum atomic E-state index is -0.796. The molecule has 146 valence electrons. The highest BCUT2D eigenvalue weighted by Gasteiger charge is 2.35. The maximum absolute atomic E-state index is 12.5. The van der Waals surface area contributed by atoms with Gasteiger partial charge in [0, 0.05) is 31.0 Å². The van der Waals surface area contributed by atoms with Crippen molar-refractivity contribution < 1.29 is 14.3 Å². The average Bonchev–Trinajstić information content (AvgIpc) is 2.62. The van der Waals surface area contributed by atoms with Gasteiger partial charge < -0.3 is 21.1 Å². The van der Waals surface area contributed by atoms with Crippen LogP contribution >= 0.6 is 12.4 Å². The first-order valence-electron chi connectivity index (χ1n) is 9.11. The molecule has 0 aromatic heterocycles. The minimum Gasteiger partial charge on any atom is -0.382 e. The Balaban J connectivity index is 0.00000338. The first kappa shape index (κ1) is 22.4. The predicted molar refractivity (Wildman–Crippen MR) is 106 cm³/mol. The van der Waals surface area contributed by atoms with Gasteiger partial charge in [-0.15, -0.1) is 12.4 Å². The molecule has 2 rings (SSSR count). The summed E-state index contributed by atoms with van der Waals surface area (Å²) >= 11 is 0. The first-order chi connectivity index (χ1) is 12.0. The summed E-state index contributed by atoms with van der Waals surface area (Å²) in [6, 6.07) is 6.94. The largest absolute Gasteiger partial charge is 0.382 e. The van der Waals surface area contributed by atoms with Crippen LogP contribution in [0, 0.1) is 0 Å². The van der Waals surface area contributed by atoms with E-state index in [1.165, 1.54) is 0 Å². The Kier molecular flexibility index (Phi) is 9.62. The van der Waals surface area contributed by atoms with E-state index in [1.807, 2.05) is 6.92 Å². The summed E-state index contributed by atoms with van der Waals surface area (Å²) in [4.78, 5) is 24.7. The van der Waals surface area contributed by atoms with Crippen LogP contribution in [-0.4, -0.2) is 37.1 Å². The van der Waals surface area contributed by atoms with Crippen molar-refractivity contribution in [1.82, 2.24) is 5.32 Å². The molecule has 2 amide bonds. The third-order valence-corrected chi connectivity index (χ3v) is 4.54. The number of rotatable bonds is 8. The standard InChI is InChI=1S/C19H29N3O3.ClH/c1-2-25-13-7-12-21-17(23)15-8-6-9-16(14-15)22-18(24)19(20)10-4-3-5-11-19;/h6,8-9,14H,2-5,7,10-13,20H2,1H3,(H,21,23)(H,22,24);1H.